The van der Waals surface area contributed by atoms with Gasteiger partial charge in [-0.25, -0.2) is 0 Å². The summed E-state index contributed by atoms with van der Waals surface area (Å²) >= 11 is 0. The van der Waals surface area contributed by atoms with Crippen LogP contribution in [0.5, 0.6) is 0 Å². The van der Waals surface area contributed by atoms with E-state index in [1.54, 1.807) is 6.26 Å². The van der Waals surface area contributed by atoms with Crippen molar-refractivity contribution < 1.29 is 9.21 Å². The molecule has 19 heavy (non-hydrogen) atoms. The van der Waals surface area contributed by atoms with E-state index in [4.69, 9.17) is 10.2 Å². The maximum Gasteiger partial charge on any atom is 0.257 e. The highest BCUT2D eigenvalue weighted by molar-refractivity contribution is 6.05. The Kier molecular flexibility index (Phi) is 4.12. The van der Waals surface area contributed by atoms with Crippen LogP contribution in [0.25, 0.3) is 11.0 Å². The van der Waals surface area contributed by atoms with Crippen LogP contribution in [0, 0.1) is 0 Å². The standard InChI is InChI=1S/C14H16N2O2.ClH/c15-10-4-3-7-16(8-10)14(17)12-9-18-13-6-2-1-5-11(12)13;/h1-2,5-6,9-10H,3-4,7-8,15H2;1H/t10-;/m1./s1. The number of hydrogen-bond acceptors (Lipinski definition) is 3. The summed E-state index contributed by atoms with van der Waals surface area (Å²) in [7, 11) is 0. The lowest BCUT2D eigenvalue weighted by Gasteiger charge is -2.30. The minimum Gasteiger partial charge on any atom is -0.463 e. The van der Waals surface area contributed by atoms with Crippen LogP contribution in [0.2, 0.25) is 0 Å². The highest BCUT2D eigenvalue weighted by Gasteiger charge is 2.24. The molecule has 1 amide bonds. The third-order valence-corrected chi connectivity index (χ3v) is 3.46. The third-order valence-electron chi connectivity index (χ3n) is 3.46. The summed E-state index contributed by atoms with van der Waals surface area (Å²) in [5.74, 6) is 0.0232. The number of halogens is 1. The summed E-state index contributed by atoms with van der Waals surface area (Å²) < 4.78 is 5.41. The zero-order chi connectivity index (χ0) is 12.5. The molecule has 102 valence electrons. The average Bonchev–Trinajstić information content (AvgIpc) is 2.82. The molecule has 4 nitrogen and oxygen atoms in total. The minimum absolute atomic E-state index is 0. The first-order valence-corrected chi connectivity index (χ1v) is 6.27. The molecule has 2 N–H and O–H groups in total. The predicted octanol–water partition coefficient (Wildman–Crippen LogP) is 2.42. The van der Waals surface area contributed by atoms with Gasteiger partial charge in [-0.1, -0.05) is 18.2 Å². The number of nitrogens with two attached hydrogens (primary N) is 1. The number of likely N-dealkylation sites (tertiary alicyclic amines) is 1. The molecule has 2 aromatic rings. The molecular formula is C14H17ClN2O2. The molecule has 0 spiro atoms. The number of nitrogens with zero attached hydrogens (tertiary/aromatic N) is 1. The van der Waals surface area contributed by atoms with E-state index in [0.29, 0.717) is 12.1 Å². The lowest BCUT2D eigenvalue weighted by atomic mass is 10.1. The van der Waals surface area contributed by atoms with E-state index in [9.17, 15) is 4.79 Å². The summed E-state index contributed by atoms with van der Waals surface area (Å²) in [4.78, 5) is 14.3. The summed E-state index contributed by atoms with van der Waals surface area (Å²) in [6.07, 6.45) is 3.52. The molecule has 1 saturated heterocycles. The number of furan rings is 1. The Balaban J connectivity index is 0.00000133. The number of benzene rings is 1. The summed E-state index contributed by atoms with van der Waals surface area (Å²) in [6, 6.07) is 7.69. The number of rotatable bonds is 1. The first kappa shape index (κ1) is 13.9. The fourth-order valence-electron chi connectivity index (χ4n) is 2.51. The van der Waals surface area contributed by atoms with E-state index in [1.165, 1.54) is 0 Å². The van der Waals surface area contributed by atoms with Crippen molar-refractivity contribution in [3.05, 3.63) is 36.1 Å². The molecule has 0 radical (unpaired) electrons. The minimum atomic E-state index is 0. The van der Waals surface area contributed by atoms with Crippen LogP contribution in [0.1, 0.15) is 23.2 Å². The van der Waals surface area contributed by atoms with Crippen LogP contribution in [-0.4, -0.2) is 29.9 Å². The van der Waals surface area contributed by atoms with E-state index in [2.05, 4.69) is 0 Å². The Labute approximate surface area is 118 Å². The average molecular weight is 281 g/mol. The largest absolute Gasteiger partial charge is 0.463 e. The van der Waals surface area contributed by atoms with Crippen molar-refractivity contribution in [1.29, 1.82) is 0 Å². The quantitative estimate of drug-likeness (QED) is 0.873. The first-order valence-electron chi connectivity index (χ1n) is 6.27. The molecule has 0 bridgehead atoms. The summed E-state index contributed by atoms with van der Waals surface area (Å²) in [5, 5.41) is 0.877. The molecular weight excluding hydrogens is 264 g/mol. The normalized spacial score (nSPS) is 19.2. The second-order valence-electron chi connectivity index (χ2n) is 4.80. The van der Waals surface area contributed by atoms with Gasteiger partial charge in [0, 0.05) is 24.5 Å². The zero-order valence-corrected chi connectivity index (χ0v) is 11.4. The number of carbonyl (C=O) groups is 1. The number of piperidine rings is 1. The van der Waals surface area contributed by atoms with Crippen LogP contribution in [-0.2, 0) is 0 Å². The van der Waals surface area contributed by atoms with Crippen molar-refractivity contribution in [3.63, 3.8) is 0 Å². The molecule has 1 aromatic heterocycles. The molecule has 0 aliphatic carbocycles. The van der Waals surface area contributed by atoms with E-state index in [0.717, 1.165) is 30.4 Å². The van der Waals surface area contributed by atoms with Crippen LogP contribution >= 0.6 is 12.4 Å². The van der Waals surface area contributed by atoms with E-state index in [-0.39, 0.29) is 24.4 Å². The molecule has 5 heteroatoms. The van der Waals surface area contributed by atoms with Gasteiger partial charge in [0.2, 0.25) is 0 Å². The van der Waals surface area contributed by atoms with Gasteiger partial charge in [-0.2, -0.15) is 0 Å². The molecule has 1 aromatic carbocycles. The van der Waals surface area contributed by atoms with E-state index < -0.39 is 0 Å². The van der Waals surface area contributed by atoms with Crippen molar-refractivity contribution in [1.82, 2.24) is 4.90 Å². The molecule has 1 atom stereocenters. The van der Waals surface area contributed by atoms with Gasteiger partial charge in [-0.05, 0) is 18.9 Å². The van der Waals surface area contributed by atoms with Gasteiger partial charge in [0.15, 0.2) is 0 Å². The maximum atomic E-state index is 12.4. The van der Waals surface area contributed by atoms with Gasteiger partial charge in [-0.15, -0.1) is 12.4 Å². The number of fused-ring (bicyclic) bond motifs is 1. The zero-order valence-electron chi connectivity index (χ0n) is 10.5. The van der Waals surface area contributed by atoms with E-state index >= 15 is 0 Å². The summed E-state index contributed by atoms with van der Waals surface area (Å²) in [5.41, 5.74) is 7.30. The van der Waals surface area contributed by atoms with Crippen molar-refractivity contribution >= 4 is 29.3 Å². The fourth-order valence-corrected chi connectivity index (χ4v) is 2.51. The van der Waals surface area contributed by atoms with Crippen LogP contribution < -0.4 is 5.73 Å². The number of carbonyl (C=O) groups excluding carboxylic acids is 1. The van der Waals surface area contributed by atoms with Crippen LogP contribution in [0.4, 0.5) is 0 Å². The third kappa shape index (κ3) is 2.60. The number of para-hydroxylation sites is 1. The molecule has 1 aliphatic heterocycles. The Hall–Kier alpha value is -1.52. The monoisotopic (exact) mass is 280 g/mol. The second-order valence-corrected chi connectivity index (χ2v) is 4.80. The van der Waals surface area contributed by atoms with Crippen LogP contribution in [0.15, 0.2) is 34.9 Å². The Morgan fingerprint density at radius 1 is 1.37 bits per heavy atom. The molecule has 0 unspecified atom stereocenters. The Morgan fingerprint density at radius 3 is 2.95 bits per heavy atom. The topological polar surface area (TPSA) is 59.5 Å². The van der Waals surface area contributed by atoms with Crippen molar-refractivity contribution in [2.75, 3.05) is 13.1 Å². The van der Waals surface area contributed by atoms with Gasteiger partial charge in [0.25, 0.3) is 5.91 Å². The molecule has 1 aliphatic rings. The van der Waals surface area contributed by atoms with Gasteiger partial charge in [0.1, 0.15) is 11.8 Å². The SMILES string of the molecule is Cl.N[C@@H]1CCCN(C(=O)c2coc3ccccc23)C1. The fraction of sp³-hybridized carbons (Fsp3) is 0.357. The van der Waals surface area contributed by atoms with Crippen molar-refractivity contribution in [2.24, 2.45) is 5.73 Å². The highest BCUT2D eigenvalue weighted by atomic mass is 35.5. The smallest absolute Gasteiger partial charge is 0.257 e. The lowest BCUT2D eigenvalue weighted by Crippen LogP contribution is -2.45. The first-order chi connectivity index (χ1) is 8.75. The second kappa shape index (κ2) is 5.63. The maximum absolute atomic E-state index is 12.4. The van der Waals surface area contributed by atoms with Gasteiger partial charge in [-0.3, -0.25) is 4.79 Å². The van der Waals surface area contributed by atoms with Crippen molar-refractivity contribution in [2.45, 2.75) is 18.9 Å². The van der Waals surface area contributed by atoms with Crippen molar-refractivity contribution in [3.8, 4) is 0 Å². The molecule has 3 rings (SSSR count). The Morgan fingerprint density at radius 2 is 2.16 bits per heavy atom. The molecule has 1 fully saturated rings. The summed E-state index contributed by atoms with van der Waals surface area (Å²) in [6.45, 7) is 1.42. The number of amides is 1. The lowest BCUT2D eigenvalue weighted by molar-refractivity contribution is 0.0710. The van der Waals surface area contributed by atoms with E-state index in [1.807, 2.05) is 29.2 Å². The van der Waals surface area contributed by atoms with Gasteiger partial charge < -0.3 is 15.1 Å². The molecule has 0 saturated carbocycles. The van der Waals surface area contributed by atoms with Gasteiger partial charge in [0.05, 0.1) is 5.56 Å². The Bertz CT molecular complexity index is 582. The van der Waals surface area contributed by atoms with Gasteiger partial charge >= 0.3 is 0 Å². The van der Waals surface area contributed by atoms with Crippen LogP contribution in [0.3, 0.4) is 0 Å². The predicted molar refractivity (Wildman–Crippen MR) is 76.6 cm³/mol. The number of hydrogen-bond donors (Lipinski definition) is 1. The highest BCUT2D eigenvalue weighted by Crippen LogP contribution is 2.23. The molecule has 2 heterocycles.